The Balaban J connectivity index is 1.84. The molecule has 0 aromatic carbocycles. The fraction of sp³-hybridized carbons (Fsp3) is 0.429. The summed E-state index contributed by atoms with van der Waals surface area (Å²) in [5, 5.41) is 0. The van der Waals surface area contributed by atoms with E-state index in [0.29, 0.717) is 10.6 Å². The van der Waals surface area contributed by atoms with Crippen molar-refractivity contribution in [1.82, 2.24) is 14.8 Å². The molecule has 1 amide bonds. The monoisotopic (exact) mass is 290 g/mol. The smallest absolute Gasteiger partial charge is 0.266 e. The molecule has 2 aromatic rings. The molecule has 0 radical (unpaired) electrons. The zero-order valence-corrected chi connectivity index (χ0v) is 12.3. The first-order valence-electron chi connectivity index (χ1n) is 6.85. The van der Waals surface area contributed by atoms with E-state index < -0.39 is 0 Å². The minimum Gasteiger partial charge on any atom is -0.396 e. The van der Waals surface area contributed by atoms with Crippen LogP contribution in [0.4, 0.5) is 5.69 Å². The molecule has 1 fully saturated rings. The number of nitrogen functional groups attached to an aromatic ring is 1. The average molecular weight is 290 g/mol. The van der Waals surface area contributed by atoms with Gasteiger partial charge in [-0.15, -0.1) is 11.3 Å². The van der Waals surface area contributed by atoms with Gasteiger partial charge in [0.1, 0.15) is 10.4 Å². The lowest BCUT2D eigenvalue weighted by molar-refractivity contribution is 0.0649. The number of pyridine rings is 1. The van der Waals surface area contributed by atoms with Crippen LogP contribution >= 0.6 is 11.3 Å². The Hall–Kier alpha value is -1.66. The first-order valence-corrected chi connectivity index (χ1v) is 7.67. The lowest BCUT2D eigenvalue weighted by Crippen LogP contribution is -2.48. The van der Waals surface area contributed by atoms with Crippen molar-refractivity contribution in [2.75, 3.05) is 38.5 Å². The molecule has 0 atom stereocenters. The van der Waals surface area contributed by atoms with Crippen LogP contribution < -0.4 is 5.73 Å². The van der Waals surface area contributed by atoms with Crippen molar-refractivity contribution < 1.29 is 4.79 Å². The first-order chi connectivity index (χ1) is 9.70. The van der Waals surface area contributed by atoms with Crippen LogP contribution in [-0.4, -0.2) is 53.4 Å². The number of nitrogens with zero attached hydrogens (tertiary/aromatic N) is 3. The van der Waals surface area contributed by atoms with Crippen LogP contribution in [0.3, 0.4) is 0 Å². The maximum Gasteiger partial charge on any atom is 0.266 e. The second kappa shape index (κ2) is 5.38. The maximum atomic E-state index is 12.6. The summed E-state index contributed by atoms with van der Waals surface area (Å²) in [7, 11) is 0. The third-order valence-electron chi connectivity index (χ3n) is 3.78. The zero-order chi connectivity index (χ0) is 14.1. The van der Waals surface area contributed by atoms with Gasteiger partial charge in [0.2, 0.25) is 0 Å². The van der Waals surface area contributed by atoms with Crippen molar-refractivity contribution >= 4 is 33.1 Å². The molecule has 5 nitrogen and oxygen atoms in total. The van der Waals surface area contributed by atoms with E-state index in [1.54, 1.807) is 6.20 Å². The predicted octanol–water partition coefficient (Wildman–Crippen LogP) is 1.66. The number of aromatic nitrogens is 1. The normalized spacial score (nSPS) is 16.8. The van der Waals surface area contributed by atoms with Crippen LogP contribution in [0.5, 0.6) is 0 Å². The number of hydrogen-bond donors (Lipinski definition) is 1. The molecule has 0 aliphatic carbocycles. The molecular formula is C14H18N4OS. The van der Waals surface area contributed by atoms with E-state index in [-0.39, 0.29) is 5.91 Å². The molecule has 2 N–H and O–H groups in total. The van der Waals surface area contributed by atoms with Gasteiger partial charge >= 0.3 is 0 Å². The molecular weight excluding hydrogens is 272 g/mol. The summed E-state index contributed by atoms with van der Waals surface area (Å²) in [6, 6.07) is 3.82. The molecule has 1 aliphatic rings. The number of nitrogens with two attached hydrogens (primary N) is 1. The Kier molecular flexibility index (Phi) is 3.58. The van der Waals surface area contributed by atoms with E-state index >= 15 is 0 Å². The summed E-state index contributed by atoms with van der Waals surface area (Å²) < 4.78 is 0.973. The molecule has 106 valence electrons. The third-order valence-corrected chi connectivity index (χ3v) is 4.93. The van der Waals surface area contributed by atoms with Crippen LogP contribution in [0, 0.1) is 0 Å². The van der Waals surface area contributed by atoms with Crippen molar-refractivity contribution in [3.8, 4) is 0 Å². The van der Waals surface area contributed by atoms with Crippen molar-refractivity contribution in [2.24, 2.45) is 0 Å². The maximum absolute atomic E-state index is 12.6. The van der Waals surface area contributed by atoms with Crippen LogP contribution in [0.25, 0.3) is 10.2 Å². The van der Waals surface area contributed by atoms with Gasteiger partial charge in [0.15, 0.2) is 0 Å². The second-order valence-corrected chi connectivity index (χ2v) is 5.97. The minimum absolute atomic E-state index is 0.0428. The van der Waals surface area contributed by atoms with E-state index in [0.717, 1.165) is 42.9 Å². The van der Waals surface area contributed by atoms with Crippen molar-refractivity contribution in [3.05, 3.63) is 23.2 Å². The Morgan fingerprint density at radius 1 is 1.40 bits per heavy atom. The van der Waals surface area contributed by atoms with Crippen molar-refractivity contribution in [3.63, 3.8) is 0 Å². The quantitative estimate of drug-likeness (QED) is 0.913. The Bertz CT molecular complexity index is 631. The van der Waals surface area contributed by atoms with Gasteiger partial charge in [0, 0.05) is 32.4 Å². The first kappa shape index (κ1) is 13.3. The van der Waals surface area contributed by atoms with E-state index in [2.05, 4.69) is 16.8 Å². The number of fused-ring (bicyclic) bond motifs is 1. The number of carbonyl (C=O) groups excluding carboxylic acids is 1. The molecule has 20 heavy (non-hydrogen) atoms. The van der Waals surface area contributed by atoms with Gasteiger partial charge in [-0.1, -0.05) is 6.92 Å². The van der Waals surface area contributed by atoms with Gasteiger partial charge in [-0.3, -0.25) is 9.78 Å². The number of carbonyl (C=O) groups is 1. The average Bonchev–Trinajstić information content (AvgIpc) is 2.84. The lowest BCUT2D eigenvalue weighted by atomic mass is 10.2. The second-order valence-electron chi connectivity index (χ2n) is 4.92. The molecule has 1 saturated heterocycles. The molecule has 1 aliphatic heterocycles. The number of hydrogen-bond acceptors (Lipinski definition) is 5. The van der Waals surface area contributed by atoms with Crippen molar-refractivity contribution in [2.45, 2.75) is 6.92 Å². The molecule has 0 unspecified atom stereocenters. The molecule has 0 saturated carbocycles. The van der Waals surface area contributed by atoms with E-state index in [1.807, 2.05) is 17.0 Å². The van der Waals surface area contributed by atoms with Gasteiger partial charge in [0.05, 0.1) is 10.4 Å². The summed E-state index contributed by atoms with van der Waals surface area (Å²) in [6.07, 6.45) is 1.71. The van der Waals surface area contributed by atoms with Crippen LogP contribution in [0.1, 0.15) is 16.6 Å². The SMILES string of the molecule is CCN1CCN(C(=O)c2sc3cccnc3c2N)CC1. The summed E-state index contributed by atoms with van der Waals surface area (Å²) in [4.78, 5) is 21.7. The Morgan fingerprint density at radius 2 is 2.15 bits per heavy atom. The molecule has 0 bridgehead atoms. The van der Waals surface area contributed by atoms with Crippen LogP contribution in [0.15, 0.2) is 18.3 Å². The molecule has 3 rings (SSSR count). The van der Waals surface area contributed by atoms with E-state index in [9.17, 15) is 4.79 Å². The van der Waals surface area contributed by atoms with Gasteiger partial charge in [-0.2, -0.15) is 0 Å². The number of thiophene rings is 1. The summed E-state index contributed by atoms with van der Waals surface area (Å²) >= 11 is 1.44. The Labute approximate surface area is 122 Å². The predicted molar refractivity (Wildman–Crippen MR) is 82.0 cm³/mol. The highest BCUT2D eigenvalue weighted by Crippen LogP contribution is 2.32. The fourth-order valence-corrected chi connectivity index (χ4v) is 3.57. The number of piperazine rings is 1. The minimum atomic E-state index is 0.0428. The van der Waals surface area contributed by atoms with Crippen molar-refractivity contribution in [1.29, 1.82) is 0 Å². The largest absolute Gasteiger partial charge is 0.396 e. The molecule has 0 spiro atoms. The topological polar surface area (TPSA) is 62.5 Å². The zero-order valence-electron chi connectivity index (χ0n) is 11.5. The number of amides is 1. The summed E-state index contributed by atoms with van der Waals surface area (Å²) in [5.74, 6) is 0.0428. The summed E-state index contributed by atoms with van der Waals surface area (Å²) in [5.41, 5.74) is 7.36. The lowest BCUT2D eigenvalue weighted by Gasteiger charge is -2.33. The highest BCUT2D eigenvalue weighted by atomic mass is 32.1. The van der Waals surface area contributed by atoms with Gasteiger partial charge in [-0.25, -0.2) is 0 Å². The standard InChI is InChI=1S/C14H18N4OS/c1-2-17-6-8-18(9-7-17)14(19)13-11(15)12-10(20-13)4-3-5-16-12/h3-5H,2,6-9,15H2,1H3. The van der Waals surface area contributed by atoms with Crippen LogP contribution in [0.2, 0.25) is 0 Å². The molecule has 6 heteroatoms. The summed E-state index contributed by atoms with van der Waals surface area (Å²) in [6.45, 7) is 6.60. The van der Waals surface area contributed by atoms with Crippen LogP contribution in [-0.2, 0) is 0 Å². The Morgan fingerprint density at radius 3 is 2.80 bits per heavy atom. The van der Waals surface area contributed by atoms with Gasteiger partial charge < -0.3 is 15.5 Å². The van der Waals surface area contributed by atoms with Gasteiger partial charge in [-0.05, 0) is 18.7 Å². The number of likely N-dealkylation sites (N-methyl/N-ethyl adjacent to an activating group) is 1. The number of anilines is 1. The fourth-order valence-electron chi connectivity index (χ4n) is 2.52. The van der Waals surface area contributed by atoms with E-state index in [1.165, 1.54) is 11.3 Å². The molecule has 3 heterocycles. The number of rotatable bonds is 2. The van der Waals surface area contributed by atoms with E-state index in [4.69, 9.17) is 5.73 Å². The third kappa shape index (κ3) is 2.25. The molecule has 2 aromatic heterocycles. The highest BCUT2D eigenvalue weighted by Gasteiger charge is 2.25. The highest BCUT2D eigenvalue weighted by molar-refractivity contribution is 7.21. The van der Waals surface area contributed by atoms with Gasteiger partial charge in [0.25, 0.3) is 5.91 Å².